The highest BCUT2D eigenvalue weighted by Gasteiger charge is 2.29. The van der Waals surface area contributed by atoms with E-state index in [1.807, 2.05) is 0 Å². The van der Waals surface area contributed by atoms with Crippen LogP contribution >= 0.6 is 0 Å². The van der Waals surface area contributed by atoms with E-state index in [9.17, 15) is 21.6 Å². The molecule has 0 saturated carbocycles. The van der Waals surface area contributed by atoms with Crippen LogP contribution in [0.15, 0.2) is 53.4 Å². The van der Waals surface area contributed by atoms with E-state index >= 15 is 0 Å². The van der Waals surface area contributed by atoms with Gasteiger partial charge in [-0.3, -0.25) is 0 Å². The lowest BCUT2D eigenvalue weighted by atomic mass is 10.2. The SMILES string of the molecule is NS(=O)(=O)c1ccc(Nc2ccc(C(F)(F)F)cc2)cc1. The van der Waals surface area contributed by atoms with Gasteiger partial charge in [0, 0.05) is 11.4 Å². The maximum absolute atomic E-state index is 12.4. The molecule has 2 aromatic carbocycles. The van der Waals surface area contributed by atoms with Gasteiger partial charge in [-0.15, -0.1) is 0 Å². The zero-order chi connectivity index (χ0) is 15.7. The molecule has 0 unspecified atom stereocenters. The van der Waals surface area contributed by atoms with Crippen molar-refractivity contribution in [3.05, 3.63) is 54.1 Å². The molecule has 3 N–H and O–H groups in total. The van der Waals surface area contributed by atoms with E-state index in [0.29, 0.717) is 11.4 Å². The summed E-state index contributed by atoms with van der Waals surface area (Å²) >= 11 is 0. The van der Waals surface area contributed by atoms with Crippen molar-refractivity contribution < 1.29 is 21.6 Å². The van der Waals surface area contributed by atoms with Crippen molar-refractivity contribution >= 4 is 21.4 Å². The molecule has 0 fully saturated rings. The largest absolute Gasteiger partial charge is 0.416 e. The van der Waals surface area contributed by atoms with Gasteiger partial charge in [0.05, 0.1) is 10.5 Å². The third-order valence-corrected chi connectivity index (χ3v) is 3.61. The molecule has 0 heterocycles. The average molecular weight is 316 g/mol. The molecule has 4 nitrogen and oxygen atoms in total. The summed E-state index contributed by atoms with van der Waals surface area (Å²) in [5.74, 6) is 0. The monoisotopic (exact) mass is 316 g/mol. The van der Waals surface area contributed by atoms with Gasteiger partial charge in [-0.25, -0.2) is 13.6 Å². The van der Waals surface area contributed by atoms with Crippen LogP contribution in [0.3, 0.4) is 0 Å². The lowest BCUT2D eigenvalue weighted by Crippen LogP contribution is -2.11. The first-order valence-electron chi connectivity index (χ1n) is 5.73. The first kappa shape index (κ1) is 15.3. The maximum Gasteiger partial charge on any atom is 0.416 e. The molecule has 2 aromatic rings. The second kappa shape index (κ2) is 5.38. The number of hydrogen-bond acceptors (Lipinski definition) is 3. The Hall–Kier alpha value is -2.06. The molecular weight excluding hydrogens is 305 g/mol. The summed E-state index contributed by atoms with van der Waals surface area (Å²) in [6.45, 7) is 0. The van der Waals surface area contributed by atoms with Crippen LogP contribution in [0.4, 0.5) is 24.5 Å². The summed E-state index contributed by atoms with van der Waals surface area (Å²) < 4.78 is 59.4. The minimum absolute atomic E-state index is 0.0412. The minimum Gasteiger partial charge on any atom is -0.356 e. The average Bonchev–Trinajstić information content (AvgIpc) is 2.38. The number of rotatable bonds is 3. The molecule has 0 saturated heterocycles. The standard InChI is InChI=1S/C13H11F3N2O2S/c14-13(15,16)9-1-3-10(4-2-9)18-11-5-7-12(8-6-11)21(17,19)20/h1-8,18H,(H2,17,19,20). The van der Waals surface area contributed by atoms with Gasteiger partial charge in [-0.05, 0) is 48.5 Å². The van der Waals surface area contributed by atoms with Crippen molar-refractivity contribution in [1.82, 2.24) is 0 Å². The second-order valence-electron chi connectivity index (χ2n) is 4.27. The summed E-state index contributed by atoms with van der Waals surface area (Å²) in [6, 6.07) is 10.0. The fraction of sp³-hybridized carbons (Fsp3) is 0.0769. The molecule has 0 bridgehead atoms. The normalized spacial score (nSPS) is 12.2. The van der Waals surface area contributed by atoms with E-state index in [2.05, 4.69) is 5.32 Å². The molecule has 0 atom stereocenters. The van der Waals surface area contributed by atoms with E-state index in [1.54, 1.807) is 0 Å². The highest BCUT2D eigenvalue weighted by molar-refractivity contribution is 7.89. The quantitative estimate of drug-likeness (QED) is 0.914. The van der Waals surface area contributed by atoms with Gasteiger partial charge in [0.25, 0.3) is 0 Å². The van der Waals surface area contributed by atoms with Crippen LogP contribution in [0.25, 0.3) is 0 Å². The lowest BCUT2D eigenvalue weighted by molar-refractivity contribution is -0.137. The Morgan fingerprint density at radius 2 is 1.29 bits per heavy atom. The first-order chi connectivity index (χ1) is 9.66. The van der Waals surface area contributed by atoms with Gasteiger partial charge in [-0.2, -0.15) is 13.2 Å². The number of halogens is 3. The van der Waals surface area contributed by atoms with Crippen molar-refractivity contribution in [2.75, 3.05) is 5.32 Å². The number of nitrogens with two attached hydrogens (primary N) is 1. The van der Waals surface area contributed by atoms with E-state index in [0.717, 1.165) is 12.1 Å². The topological polar surface area (TPSA) is 72.2 Å². The molecule has 0 aliphatic carbocycles. The minimum atomic E-state index is -4.38. The van der Waals surface area contributed by atoms with E-state index < -0.39 is 21.8 Å². The van der Waals surface area contributed by atoms with Crippen LogP contribution in [0, 0.1) is 0 Å². The van der Waals surface area contributed by atoms with Crippen LogP contribution in [-0.4, -0.2) is 8.42 Å². The second-order valence-corrected chi connectivity index (χ2v) is 5.83. The summed E-state index contributed by atoms with van der Waals surface area (Å²) in [5.41, 5.74) is 0.242. The number of anilines is 2. The maximum atomic E-state index is 12.4. The summed E-state index contributed by atoms with van der Waals surface area (Å²) in [4.78, 5) is -0.0412. The molecule has 2 rings (SSSR count). The van der Waals surface area contributed by atoms with Crippen LogP contribution < -0.4 is 10.5 Å². The van der Waals surface area contributed by atoms with E-state index in [-0.39, 0.29) is 4.90 Å². The lowest BCUT2D eigenvalue weighted by Gasteiger charge is -2.10. The number of primary sulfonamides is 1. The Labute approximate surface area is 119 Å². The Bertz CT molecular complexity index is 724. The molecular formula is C13H11F3N2O2S. The van der Waals surface area contributed by atoms with Gasteiger partial charge in [0.1, 0.15) is 0 Å². The van der Waals surface area contributed by atoms with Crippen molar-refractivity contribution in [3.8, 4) is 0 Å². The molecule has 0 spiro atoms. The molecule has 0 aromatic heterocycles. The van der Waals surface area contributed by atoms with E-state index in [1.165, 1.54) is 36.4 Å². The number of benzene rings is 2. The van der Waals surface area contributed by atoms with E-state index in [4.69, 9.17) is 5.14 Å². The molecule has 112 valence electrons. The predicted molar refractivity (Wildman–Crippen MR) is 72.5 cm³/mol. The Morgan fingerprint density at radius 1 is 0.857 bits per heavy atom. The molecule has 0 radical (unpaired) electrons. The van der Waals surface area contributed by atoms with Crippen molar-refractivity contribution in [2.45, 2.75) is 11.1 Å². The number of hydrogen-bond donors (Lipinski definition) is 2. The highest BCUT2D eigenvalue weighted by atomic mass is 32.2. The third kappa shape index (κ3) is 3.96. The summed E-state index contributed by atoms with van der Waals surface area (Å²) in [7, 11) is -3.77. The van der Waals surface area contributed by atoms with Gasteiger partial charge < -0.3 is 5.32 Å². The van der Waals surface area contributed by atoms with Gasteiger partial charge in [0.15, 0.2) is 0 Å². The fourth-order valence-electron chi connectivity index (χ4n) is 1.64. The number of sulfonamides is 1. The van der Waals surface area contributed by atoms with Crippen molar-refractivity contribution in [3.63, 3.8) is 0 Å². The first-order valence-corrected chi connectivity index (χ1v) is 7.28. The van der Waals surface area contributed by atoms with Gasteiger partial charge in [0.2, 0.25) is 10.0 Å². The zero-order valence-electron chi connectivity index (χ0n) is 10.6. The van der Waals surface area contributed by atoms with Gasteiger partial charge in [-0.1, -0.05) is 0 Å². The molecule has 0 amide bonds. The molecule has 21 heavy (non-hydrogen) atoms. The summed E-state index contributed by atoms with van der Waals surface area (Å²) in [6.07, 6.45) is -4.38. The Morgan fingerprint density at radius 3 is 1.67 bits per heavy atom. The van der Waals surface area contributed by atoms with Crippen LogP contribution in [-0.2, 0) is 16.2 Å². The molecule has 8 heteroatoms. The van der Waals surface area contributed by atoms with Crippen LogP contribution in [0.5, 0.6) is 0 Å². The van der Waals surface area contributed by atoms with Crippen LogP contribution in [0.1, 0.15) is 5.56 Å². The predicted octanol–water partition coefficient (Wildman–Crippen LogP) is 3.10. The van der Waals surface area contributed by atoms with Crippen molar-refractivity contribution in [2.24, 2.45) is 5.14 Å². The van der Waals surface area contributed by atoms with Crippen LogP contribution in [0.2, 0.25) is 0 Å². The Balaban J connectivity index is 2.15. The third-order valence-electron chi connectivity index (χ3n) is 2.68. The number of alkyl halides is 3. The number of nitrogens with one attached hydrogen (secondary N) is 1. The smallest absolute Gasteiger partial charge is 0.356 e. The van der Waals surface area contributed by atoms with Crippen molar-refractivity contribution in [1.29, 1.82) is 0 Å². The highest BCUT2D eigenvalue weighted by Crippen LogP contribution is 2.30. The molecule has 0 aliphatic rings. The summed E-state index contributed by atoms with van der Waals surface area (Å²) in [5, 5.41) is 7.82. The van der Waals surface area contributed by atoms with Gasteiger partial charge >= 0.3 is 6.18 Å². The Kier molecular flexibility index (Phi) is 3.93. The fourth-order valence-corrected chi connectivity index (χ4v) is 2.15. The molecule has 0 aliphatic heterocycles. The zero-order valence-corrected chi connectivity index (χ0v) is 11.4.